The first-order valence-electron chi connectivity index (χ1n) is 14.0. The van der Waals surface area contributed by atoms with Crippen molar-refractivity contribution in [2.45, 2.75) is 32.2 Å². The predicted molar refractivity (Wildman–Crippen MR) is 164 cm³/mol. The van der Waals surface area contributed by atoms with Crippen molar-refractivity contribution in [2.75, 3.05) is 16.8 Å². The molecule has 4 heterocycles. The van der Waals surface area contributed by atoms with Crippen LogP contribution in [0.4, 0.5) is 5.82 Å². The van der Waals surface area contributed by atoms with Crippen LogP contribution in [0.15, 0.2) is 97.3 Å². The fourth-order valence-electron chi connectivity index (χ4n) is 5.46. The first kappa shape index (κ1) is 27.5. The number of pyridine rings is 2. The van der Waals surface area contributed by atoms with Gasteiger partial charge in [-0.1, -0.05) is 55.5 Å². The molecule has 6 rings (SSSR count). The Balaban J connectivity index is 1.42. The molecule has 1 aliphatic heterocycles. The molecular weight excluding hydrogens is 546 g/mol. The number of hydrogen-bond acceptors (Lipinski definition) is 6. The Bertz CT molecular complexity index is 1840. The summed E-state index contributed by atoms with van der Waals surface area (Å²) in [7, 11) is -3.14. The van der Waals surface area contributed by atoms with Crippen LogP contribution in [-0.4, -0.2) is 45.6 Å². The maximum atomic E-state index is 13.2. The molecular formula is C33H31N5O3S. The minimum absolute atomic E-state index is 0.0541. The second-order valence-corrected chi connectivity index (χ2v) is 12.7. The maximum absolute atomic E-state index is 13.2. The summed E-state index contributed by atoms with van der Waals surface area (Å²) in [5, 5.41) is 7.95. The average molecular weight is 578 g/mol. The first-order valence-corrected chi connectivity index (χ1v) is 15.9. The van der Waals surface area contributed by atoms with E-state index in [2.05, 4.69) is 22.2 Å². The van der Waals surface area contributed by atoms with Crippen LogP contribution in [0, 0.1) is 0 Å². The Morgan fingerprint density at radius 1 is 0.929 bits per heavy atom. The van der Waals surface area contributed by atoms with Crippen LogP contribution in [0.3, 0.4) is 0 Å². The van der Waals surface area contributed by atoms with Gasteiger partial charge in [0, 0.05) is 35.5 Å². The highest BCUT2D eigenvalue weighted by Gasteiger charge is 2.33. The zero-order valence-corrected chi connectivity index (χ0v) is 24.1. The molecule has 42 heavy (non-hydrogen) atoms. The smallest absolute Gasteiger partial charge is 0.256 e. The number of sulfone groups is 1. The molecule has 0 aliphatic carbocycles. The third-order valence-electron chi connectivity index (χ3n) is 7.56. The fraction of sp³-hybridized carbons (Fsp3) is 0.212. The molecule has 212 valence electrons. The summed E-state index contributed by atoms with van der Waals surface area (Å²) >= 11 is 0. The van der Waals surface area contributed by atoms with Crippen molar-refractivity contribution in [3.05, 3.63) is 120 Å². The van der Waals surface area contributed by atoms with Crippen molar-refractivity contribution in [3.63, 3.8) is 0 Å². The molecule has 1 aliphatic rings. The molecule has 0 saturated carbocycles. The number of carbonyl (C=O) groups is 1. The lowest BCUT2D eigenvalue weighted by molar-refractivity contribution is 0.102. The number of nitrogens with one attached hydrogen (secondary N) is 1. The van der Waals surface area contributed by atoms with E-state index in [4.69, 9.17) is 5.10 Å². The van der Waals surface area contributed by atoms with Gasteiger partial charge < -0.3 is 5.32 Å². The van der Waals surface area contributed by atoms with Crippen LogP contribution >= 0.6 is 0 Å². The molecule has 3 aromatic heterocycles. The lowest BCUT2D eigenvalue weighted by Gasteiger charge is -2.15. The minimum atomic E-state index is -3.14. The number of benzene rings is 2. The van der Waals surface area contributed by atoms with Crippen molar-refractivity contribution in [3.8, 4) is 22.6 Å². The zero-order valence-electron chi connectivity index (χ0n) is 23.3. The van der Waals surface area contributed by atoms with Crippen LogP contribution in [0.5, 0.6) is 0 Å². The van der Waals surface area contributed by atoms with E-state index in [1.54, 1.807) is 18.5 Å². The summed E-state index contributed by atoms with van der Waals surface area (Å²) in [6, 6.07) is 26.7. The van der Waals surface area contributed by atoms with E-state index in [1.807, 2.05) is 83.5 Å². The lowest BCUT2D eigenvalue weighted by Crippen LogP contribution is -2.14. The second-order valence-electron chi connectivity index (χ2n) is 10.5. The number of aromatic nitrogens is 4. The van der Waals surface area contributed by atoms with Gasteiger partial charge in [-0.2, -0.15) is 5.10 Å². The molecule has 1 N–H and O–H groups in total. The molecule has 8 nitrogen and oxygen atoms in total. The average Bonchev–Trinajstić information content (AvgIpc) is 3.57. The molecule has 1 saturated heterocycles. The second kappa shape index (κ2) is 11.7. The van der Waals surface area contributed by atoms with Crippen LogP contribution in [0.2, 0.25) is 0 Å². The predicted octanol–water partition coefficient (Wildman–Crippen LogP) is 5.77. The molecule has 0 bridgehead atoms. The van der Waals surface area contributed by atoms with E-state index in [-0.39, 0.29) is 23.5 Å². The number of amides is 1. The van der Waals surface area contributed by atoms with E-state index < -0.39 is 9.84 Å². The van der Waals surface area contributed by atoms with Crippen molar-refractivity contribution in [1.82, 2.24) is 19.7 Å². The van der Waals surface area contributed by atoms with Crippen molar-refractivity contribution >= 4 is 21.6 Å². The zero-order chi connectivity index (χ0) is 29.1. The number of nitrogens with zero attached hydrogens (tertiary/aromatic N) is 4. The summed E-state index contributed by atoms with van der Waals surface area (Å²) in [5.74, 6) is 0.477. The first-order chi connectivity index (χ1) is 20.4. The lowest BCUT2D eigenvalue weighted by atomic mass is 9.96. The fourth-order valence-corrected chi connectivity index (χ4v) is 7.15. The van der Waals surface area contributed by atoms with Gasteiger partial charge in [0.2, 0.25) is 0 Å². The summed E-state index contributed by atoms with van der Waals surface area (Å²) in [6.45, 7) is 2.06. The van der Waals surface area contributed by atoms with E-state index in [1.165, 1.54) is 0 Å². The van der Waals surface area contributed by atoms with E-state index in [0.717, 1.165) is 34.4 Å². The van der Waals surface area contributed by atoms with Crippen molar-refractivity contribution in [2.24, 2.45) is 0 Å². The monoisotopic (exact) mass is 577 g/mol. The number of rotatable bonds is 8. The standard InChI is InChI=1S/C33H31N5O3S/c1-2-23-14-17-35-30(21-23)36-33(39)26-12-8-9-24(19-26)20-28-31(29-13-6-7-16-34-29)37-38(27-15-18-42(40,41)22-27)32(28)25-10-4-3-5-11-25/h3-14,16-17,19,21,27H,2,15,18,20,22H2,1H3,(H,35,36,39). The Morgan fingerprint density at radius 2 is 1.76 bits per heavy atom. The van der Waals surface area contributed by atoms with Gasteiger partial charge in [0.1, 0.15) is 11.5 Å². The van der Waals surface area contributed by atoms with Gasteiger partial charge in [-0.05, 0) is 60.4 Å². The largest absolute Gasteiger partial charge is 0.307 e. The summed E-state index contributed by atoms with van der Waals surface area (Å²) in [6.07, 6.45) is 5.26. The highest BCUT2D eigenvalue weighted by molar-refractivity contribution is 7.91. The van der Waals surface area contributed by atoms with Gasteiger partial charge >= 0.3 is 0 Å². The Morgan fingerprint density at radius 3 is 2.50 bits per heavy atom. The molecule has 1 unspecified atom stereocenters. The normalized spacial score (nSPS) is 15.9. The molecule has 9 heteroatoms. The van der Waals surface area contributed by atoms with Gasteiger partial charge in [0.15, 0.2) is 9.84 Å². The number of hydrogen-bond donors (Lipinski definition) is 1. The van der Waals surface area contributed by atoms with Crippen molar-refractivity contribution < 1.29 is 13.2 Å². The van der Waals surface area contributed by atoms with Crippen LogP contribution < -0.4 is 5.32 Å². The van der Waals surface area contributed by atoms with E-state index in [9.17, 15) is 13.2 Å². The molecule has 1 fully saturated rings. The third-order valence-corrected chi connectivity index (χ3v) is 9.31. The topological polar surface area (TPSA) is 107 Å². The Labute approximate surface area is 245 Å². The highest BCUT2D eigenvalue weighted by atomic mass is 32.2. The number of carbonyl (C=O) groups excluding carboxylic acids is 1. The van der Waals surface area contributed by atoms with Crippen LogP contribution in [0.25, 0.3) is 22.6 Å². The Hall–Kier alpha value is -4.63. The minimum Gasteiger partial charge on any atom is -0.307 e. The Kier molecular flexibility index (Phi) is 7.67. The molecule has 0 spiro atoms. The van der Waals surface area contributed by atoms with Gasteiger partial charge in [0.25, 0.3) is 5.91 Å². The molecule has 0 radical (unpaired) electrons. The number of anilines is 1. The molecule has 1 amide bonds. The summed E-state index contributed by atoms with van der Waals surface area (Å²) in [5.41, 5.74) is 6.69. The molecule has 1 atom stereocenters. The SMILES string of the molecule is CCc1ccnc(NC(=O)c2cccc(Cc3c(-c4ccccn4)nn(C4CCS(=O)(=O)C4)c3-c3ccccc3)c2)c1. The summed E-state index contributed by atoms with van der Waals surface area (Å²) in [4.78, 5) is 22.1. The summed E-state index contributed by atoms with van der Waals surface area (Å²) < 4.78 is 26.9. The van der Waals surface area contributed by atoms with Crippen LogP contribution in [-0.2, 0) is 22.7 Å². The number of aryl methyl sites for hydroxylation is 1. The van der Waals surface area contributed by atoms with E-state index >= 15 is 0 Å². The van der Waals surface area contributed by atoms with Crippen LogP contribution in [0.1, 0.15) is 46.4 Å². The highest BCUT2D eigenvalue weighted by Crippen LogP contribution is 2.37. The maximum Gasteiger partial charge on any atom is 0.256 e. The van der Waals surface area contributed by atoms with Crippen molar-refractivity contribution in [1.29, 1.82) is 0 Å². The third kappa shape index (κ3) is 5.87. The van der Waals surface area contributed by atoms with E-state index in [0.29, 0.717) is 35.6 Å². The van der Waals surface area contributed by atoms with Gasteiger partial charge in [-0.25, -0.2) is 13.4 Å². The molecule has 5 aromatic rings. The van der Waals surface area contributed by atoms with Gasteiger partial charge in [0.05, 0.1) is 28.9 Å². The molecule has 2 aromatic carbocycles. The van der Waals surface area contributed by atoms with Gasteiger partial charge in [-0.3, -0.25) is 14.5 Å². The van der Waals surface area contributed by atoms with Gasteiger partial charge in [-0.15, -0.1) is 0 Å². The quantitative estimate of drug-likeness (QED) is 0.251.